The highest BCUT2D eigenvalue weighted by Crippen LogP contribution is 2.24. The van der Waals surface area contributed by atoms with Gasteiger partial charge in [0.1, 0.15) is 11.4 Å². The van der Waals surface area contributed by atoms with Gasteiger partial charge in [0.05, 0.1) is 11.4 Å². The van der Waals surface area contributed by atoms with Gasteiger partial charge in [-0.25, -0.2) is 4.99 Å². The minimum absolute atomic E-state index is 0.00192. The Kier molecular flexibility index (Phi) is 8.09. The number of amidine groups is 1. The summed E-state index contributed by atoms with van der Waals surface area (Å²) in [6.07, 6.45) is 9.47. The van der Waals surface area contributed by atoms with E-state index in [1.807, 2.05) is 26.1 Å². The maximum Gasteiger partial charge on any atom is 0.261 e. The van der Waals surface area contributed by atoms with Gasteiger partial charge in [-0.1, -0.05) is 32.6 Å². The lowest BCUT2D eigenvalue weighted by molar-refractivity contribution is 0.0792. The number of unbranched alkanes of at least 4 members (excludes halogenated alkanes) is 1. The van der Waals surface area contributed by atoms with Gasteiger partial charge in [0.15, 0.2) is 0 Å². The molecule has 0 atom stereocenters. The van der Waals surface area contributed by atoms with Crippen LogP contribution in [-0.4, -0.2) is 41.3 Å². The van der Waals surface area contributed by atoms with E-state index >= 15 is 0 Å². The second-order valence-corrected chi connectivity index (χ2v) is 8.65. The van der Waals surface area contributed by atoms with Gasteiger partial charge in [0.2, 0.25) is 0 Å². The van der Waals surface area contributed by atoms with Crippen LogP contribution >= 0.6 is 0 Å². The SMILES string of the molecule is CCCCN(C)C(=O)c1ccc(N=C(N)c2c(NC3CCCCC3)cc[nH]c2=O)cc1C. The van der Waals surface area contributed by atoms with Crippen LogP contribution in [0.3, 0.4) is 0 Å². The summed E-state index contributed by atoms with van der Waals surface area (Å²) in [5.41, 5.74) is 9.19. The molecular weight excluding hydrogens is 402 g/mol. The van der Waals surface area contributed by atoms with Gasteiger partial charge >= 0.3 is 0 Å². The van der Waals surface area contributed by atoms with Gasteiger partial charge in [-0.2, -0.15) is 0 Å². The normalized spacial score (nSPS) is 14.9. The number of anilines is 1. The smallest absolute Gasteiger partial charge is 0.261 e. The van der Waals surface area contributed by atoms with Crippen molar-refractivity contribution in [2.75, 3.05) is 18.9 Å². The topological polar surface area (TPSA) is 104 Å². The second-order valence-electron chi connectivity index (χ2n) is 8.65. The van der Waals surface area contributed by atoms with E-state index in [0.717, 1.165) is 37.8 Å². The Hall–Kier alpha value is -3.09. The van der Waals surface area contributed by atoms with Crippen LogP contribution in [0.15, 0.2) is 40.2 Å². The third kappa shape index (κ3) is 5.78. The van der Waals surface area contributed by atoms with E-state index in [1.165, 1.54) is 19.3 Å². The summed E-state index contributed by atoms with van der Waals surface area (Å²) >= 11 is 0. The number of carbonyl (C=O) groups is 1. The number of aliphatic imine (C=N–C) groups is 1. The first kappa shape index (κ1) is 23.6. The fraction of sp³-hybridized carbons (Fsp3) is 0.480. The number of nitrogens with zero attached hydrogens (tertiary/aromatic N) is 2. The van der Waals surface area contributed by atoms with Crippen molar-refractivity contribution in [1.82, 2.24) is 9.88 Å². The minimum Gasteiger partial charge on any atom is -0.383 e. The summed E-state index contributed by atoms with van der Waals surface area (Å²) in [6.45, 7) is 4.73. The van der Waals surface area contributed by atoms with Crippen molar-refractivity contribution < 1.29 is 4.79 Å². The predicted molar refractivity (Wildman–Crippen MR) is 131 cm³/mol. The molecule has 0 radical (unpaired) electrons. The van der Waals surface area contributed by atoms with Crippen molar-refractivity contribution in [1.29, 1.82) is 0 Å². The Bertz CT molecular complexity index is 1020. The largest absolute Gasteiger partial charge is 0.383 e. The Labute approximate surface area is 190 Å². The maximum absolute atomic E-state index is 12.7. The zero-order chi connectivity index (χ0) is 23.1. The molecule has 2 aromatic rings. The van der Waals surface area contributed by atoms with Crippen LogP contribution < -0.4 is 16.6 Å². The minimum atomic E-state index is -0.270. The van der Waals surface area contributed by atoms with Gasteiger partial charge < -0.3 is 20.9 Å². The van der Waals surface area contributed by atoms with Crippen LogP contribution in [0.4, 0.5) is 11.4 Å². The van der Waals surface area contributed by atoms with Crippen molar-refractivity contribution in [3.8, 4) is 0 Å². The average molecular weight is 438 g/mol. The number of nitrogens with two attached hydrogens (primary N) is 1. The third-order valence-electron chi connectivity index (χ3n) is 6.07. The van der Waals surface area contributed by atoms with Gasteiger partial charge in [0.25, 0.3) is 11.5 Å². The quantitative estimate of drug-likeness (QED) is 0.422. The Morgan fingerprint density at radius 1 is 1.25 bits per heavy atom. The molecule has 7 heteroatoms. The van der Waals surface area contributed by atoms with Crippen molar-refractivity contribution in [3.05, 3.63) is 57.5 Å². The van der Waals surface area contributed by atoms with E-state index in [2.05, 4.69) is 22.2 Å². The Morgan fingerprint density at radius 2 is 2.00 bits per heavy atom. The second kappa shape index (κ2) is 11.0. The van der Waals surface area contributed by atoms with Crippen LogP contribution in [0.1, 0.15) is 73.4 Å². The number of hydrogen-bond acceptors (Lipinski definition) is 4. The summed E-state index contributed by atoms with van der Waals surface area (Å²) < 4.78 is 0. The first-order chi connectivity index (χ1) is 15.4. The molecule has 0 unspecified atom stereocenters. The zero-order valence-electron chi connectivity index (χ0n) is 19.4. The Balaban J connectivity index is 1.84. The van der Waals surface area contributed by atoms with Gasteiger partial charge in [0, 0.05) is 31.4 Å². The molecule has 7 nitrogen and oxygen atoms in total. The van der Waals surface area contributed by atoms with Crippen molar-refractivity contribution in [3.63, 3.8) is 0 Å². The van der Waals surface area contributed by atoms with Gasteiger partial charge in [-0.3, -0.25) is 9.59 Å². The molecule has 172 valence electrons. The lowest BCUT2D eigenvalue weighted by atomic mass is 9.95. The first-order valence-electron chi connectivity index (χ1n) is 11.6. The summed E-state index contributed by atoms with van der Waals surface area (Å²) in [5, 5.41) is 3.49. The van der Waals surface area contributed by atoms with Crippen LogP contribution in [-0.2, 0) is 0 Å². The van der Waals surface area contributed by atoms with Crippen LogP contribution in [0.2, 0.25) is 0 Å². The summed E-state index contributed by atoms with van der Waals surface area (Å²) in [4.78, 5) is 34.3. The van der Waals surface area contributed by atoms with Crippen LogP contribution in [0.5, 0.6) is 0 Å². The lowest BCUT2D eigenvalue weighted by Crippen LogP contribution is -2.29. The molecule has 4 N–H and O–H groups in total. The molecule has 1 heterocycles. The van der Waals surface area contributed by atoms with Gasteiger partial charge in [-0.05, 0) is 56.0 Å². The molecule has 3 rings (SSSR count). The van der Waals surface area contributed by atoms with E-state index in [9.17, 15) is 9.59 Å². The molecule has 1 aromatic carbocycles. The zero-order valence-corrected chi connectivity index (χ0v) is 19.4. The fourth-order valence-electron chi connectivity index (χ4n) is 4.17. The lowest BCUT2D eigenvalue weighted by Gasteiger charge is -2.24. The maximum atomic E-state index is 12.7. The number of aromatic amines is 1. The van der Waals surface area contributed by atoms with E-state index in [1.54, 1.807) is 23.2 Å². The van der Waals surface area contributed by atoms with E-state index in [4.69, 9.17) is 5.73 Å². The van der Waals surface area contributed by atoms with Crippen LogP contribution in [0, 0.1) is 6.92 Å². The number of benzene rings is 1. The average Bonchev–Trinajstić information content (AvgIpc) is 2.78. The molecule has 32 heavy (non-hydrogen) atoms. The monoisotopic (exact) mass is 437 g/mol. The summed E-state index contributed by atoms with van der Waals surface area (Å²) in [6, 6.07) is 7.56. The molecule has 1 aliphatic rings. The molecule has 1 amide bonds. The highest BCUT2D eigenvalue weighted by molar-refractivity contribution is 6.03. The number of hydrogen-bond donors (Lipinski definition) is 3. The molecular formula is C25H35N5O2. The van der Waals surface area contributed by atoms with E-state index in [-0.39, 0.29) is 17.3 Å². The molecule has 0 spiro atoms. The van der Waals surface area contributed by atoms with Gasteiger partial charge in [-0.15, -0.1) is 0 Å². The van der Waals surface area contributed by atoms with Crippen LogP contribution in [0.25, 0.3) is 0 Å². The predicted octanol–water partition coefficient (Wildman–Crippen LogP) is 4.34. The molecule has 0 saturated heterocycles. The summed E-state index contributed by atoms with van der Waals surface area (Å²) in [7, 11) is 1.82. The first-order valence-corrected chi connectivity index (χ1v) is 11.6. The molecule has 1 saturated carbocycles. The van der Waals surface area contributed by atoms with Crippen molar-refractivity contribution in [2.45, 2.75) is 64.8 Å². The van der Waals surface area contributed by atoms with E-state index in [0.29, 0.717) is 28.5 Å². The number of carbonyl (C=O) groups excluding carboxylic acids is 1. The number of nitrogens with one attached hydrogen (secondary N) is 2. The number of pyridine rings is 1. The third-order valence-corrected chi connectivity index (χ3v) is 6.07. The highest BCUT2D eigenvalue weighted by Gasteiger charge is 2.18. The highest BCUT2D eigenvalue weighted by atomic mass is 16.2. The van der Waals surface area contributed by atoms with E-state index < -0.39 is 0 Å². The molecule has 0 bridgehead atoms. The number of aromatic nitrogens is 1. The number of rotatable bonds is 8. The van der Waals surface area contributed by atoms with Crippen molar-refractivity contribution in [2.24, 2.45) is 10.7 Å². The molecule has 0 aliphatic heterocycles. The Morgan fingerprint density at radius 3 is 2.69 bits per heavy atom. The standard InChI is InChI=1S/C25H35N5O2/c1-4-5-15-30(3)25(32)20-12-11-19(16-17(20)2)29-23(26)22-21(13-14-27-24(22)31)28-18-9-7-6-8-10-18/h11-14,16,18H,4-10,15H2,1-3H3,(H2,26,29)(H2,27,28,31). The summed E-state index contributed by atoms with van der Waals surface area (Å²) in [5.74, 6) is 0.154. The number of aryl methyl sites for hydroxylation is 1. The molecule has 1 aliphatic carbocycles. The molecule has 1 aromatic heterocycles. The fourth-order valence-corrected chi connectivity index (χ4v) is 4.17. The molecule has 1 fully saturated rings. The van der Waals surface area contributed by atoms with Crippen molar-refractivity contribution >= 4 is 23.1 Å². The number of H-pyrrole nitrogens is 1. The number of amides is 1.